The Morgan fingerprint density at radius 3 is 2.46 bits per heavy atom. The molecule has 1 saturated heterocycles. The number of rotatable bonds is 9. The first kappa shape index (κ1) is 18.9. The van der Waals surface area contributed by atoms with Crippen LogP contribution in [0.2, 0.25) is 0 Å². The van der Waals surface area contributed by atoms with Crippen molar-refractivity contribution in [3.05, 3.63) is 60.2 Å². The molecule has 2 aromatic rings. The van der Waals surface area contributed by atoms with Gasteiger partial charge in [-0.1, -0.05) is 30.3 Å². The molecule has 0 unspecified atom stereocenters. The van der Waals surface area contributed by atoms with Crippen LogP contribution in [0.1, 0.15) is 5.56 Å². The second kappa shape index (κ2) is 10.3. The molecule has 0 aromatic heterocycles. The predicted molar refractivity (Wildman–Crippen MR) is 102 cm³/mol. The summed E-state index contributed by atoms with van der Waals surface area (Å²) >= 11 is 0. The van der Waals surface area contributed by atoms with Gasteiger partial charge in [0.15, 0.2) is 0 Å². The zero-order valence-electron chi connectivity index (χ0n) is 15.3. The van der Waals surface area contributed by atoms with Crippen molar-refractivity contribution in [2.45, 2.75) is 6.54 Å². The summed E-state index contributed by atoms with van der Waals surface area (Å²) in [7, 11) is 0. The van der Waals surface area contributed by atoms with E-state index in [-0.39, 0.29) is 6.61 Å². The molecule has 26 heavy (non-hydrogen) atoms. The van der Waals surface area contributed by atoms with E-state index in [1.54, 1.807) is 4.90 Å². The van der Waals surface area contributed by atoms with E-state index in [0.717, 1.165) is 57.4 Å². The number of piperazine rings is 1. The van der Waals surface area contributed by atoms with Gasteiger partial charge in [-0.05, 0) is 29.8 Å². The van der Waals surface area contributed by atoms with E-state index in [9.17, 15) is 0 Å². The van der Waals surface area contributed by atoms with E-state index in [1.165, 1.54) is 5.56 Å². The zero-order valence-corrected chi connectivity index (χ0v) is 15.3. The molecule has 0 bridgehead atoms. The number of hydrogen-bond donors (Lipinski definition) is 2. The molecule has 2 aromatic carbocycles. The van der Waals surface area contributed by atoms with Gasteiger partial charge in [0.2, 0.25) is 0 Å². The summed E-state index contributed by atoms with van der Waals surface area (Å²) in [6, 6.07) is 18.3. The molecule has 1 heterocycles. The quantitative estimate of drug-likeness (QED) is 0.662. The third kappa shape index (κ3) is 6.11. The highest BCUT2D eigenvalue weighted by molar-refractivity contribution is 5.33. The van der Waals surface area contributed by atoms with Gasteiger partial charge >= 0.3 is 0 Å². The SMILES string of the molecule is OCCOCC[NH+]1CCN(Cc2cccc(Oc3ccccc3)c2)CC1. The molecule has 1 aliphatic heterocycles. The van der Waals surface area contributed by atoms with Gasteiger partial charge in [-0.25, -0.2) is 0 Å². The number of benzene rings is 2. The second-order valence-electron chi connectivity index (χ2n) is 6.67. The number of nitrogens with zero attached hydrogens (tertiary/aromatic N) is 1. The number of aliphatic hydroxyl groups excluding tert-OH is 1. The molecule has 0 saturated carbocycles. The minimum Gasteiger partial charge on any atom is -0.457 e. The van der Waals surface area contributed by atoms with Crippen molar-refractivity contribution in [2.24, 2.45) is 0 Å². The summed E-state index contributed by atoms with van der Waals surface area (Å²) in [6.45, 7) is 7.74. The molecule has 140 valence electrons. The van der Waals surface area contributed by atoms with Crippen LogP contribution in [-0.4, -0.2) is 62.6 Å². The Morgan fingerprint density at radius 1 is 0.923 bits per heavy atom. The predicted octanol–water partition coefficient (Wildman–Crippen LogP) is 1.19. The molecule has 0 aliphatic carbocycles. The van der Waals surface area contributed by atoms with E-state index in [2.05, 4.69) is 23.1 Å². The fraction of sp³-hybridized carbons (Fsp3) is 0.429. The van der Waals surface area contributed by atoms with Crippen molar-refractivity contribution in [3.63, 3.8) is 0 Å². The number of hydrogen-bond acceptors (Lipinski definition) is 4. The minimum atomic E-state index is 0.107. The third-order valence-corrected chi connectivity index (χ3v) is 4.68. The Labute approximate surface area is 155 Å². The van der Waals surface area contributed by atoms with E-state index in [1.807, 2.05) is 36.4 Å². The summed E-state index contributed by atoms with van der Waals surface area (Å²) in [5, 5.41) is 8.73. The van der Waals surface area contributed by atoms with Gasteiger partial charge in [-0.15, -0.1) is 0 Å². The van der Waals surface area contributed by atoms with Crippen LogP contribution in [0, 0.1) is 0 Å². The standard InChI is InChI=1S/C21H28N2O3/c24-14-16-25-15-13-22-9-11-23(12-10-22)18-19-5-4-8-21(17-19)26-20-6-2-1-3-7-20/h1-8,17,24H,9-16,18H2/p+1. The molecular weight excluding hydrogens is 328 g/mol. The smallest absolute Gasteiger partial charge is 0.127 e. The van der Waals surface area contributed by atoms with Gasteiger partial charge < -0.3 is 19.5 Å². The summed E-state index contributed by atoms with van der Waals surface area (Å²) in [4.78, 5) is 4.08. The Bertz CT molecular complexity index is 643. The lowest BCUT2D eigenvalue weighted by Gasteiger charge is -2.32. The van der Waals surface area contributed by atoms with Crippen LogP contribution in [0.15, 0.2) is 54.6 Å². The largest absolute Gasteiger partial charge is 0.457 e. The molecule has 0 atom stereocenters. The van der Waals surface area contributed by atoms with E-state index in [4.69, 9.17) is 14.6 Å². The first-order valence-electron chi connectivity index (χ1n) is 9.40. The van der Waals surface area contributed by atoms with Gasteiger partial charge in [0.1, 0.15) is 18.0 Å². The number of nitrogens with one attached hydrogen (secondary N) is 1. The van der Waals surface area contributed by atoms with Crippen molar-refractivity contribution < 1.29 is 19.5 Å². The second-order valence-corrected chi connectivity index (χ2v) is 6.67. The van der Waals surface area contributed by atoms with E-state index in [0.29, 0.717) is 6.61 Å². The maximum Gasteiger partial charge on any atom is 0.127 e. The van der Waals surface area contributed by atoms with Crippen molar-refractivity contribution >= 4 is 0 Å². The number of aliphatic hydroxyl groups is 1. The highest BCUT2D eigenvalue weighted by Gasteiger charge is 2.19. The topological polar surface area (TPSA) is 46.4 Å². The normalized spacial score (nSPS) is 15.9. The van der Waals surface area contributed by atoms with Gasteiger partial charge in [-0.3, -0.25) is 4.90 Å². The molecular formula is C21H29N2O3+. The van der Waals surface area contributed by atoms with Crippen molar-refractivity contribution in [1.29, 1.82) is 0 Å². The van der Waals surface area contributed by atoms with Gasteiger partial charge in [0, 0.05) is 19.6 Å². The van der Waals surface area contributed by atoms with Crippen LogP contribution in [0.3, 0.4) is 0 Å². The lowest BCUT2D eigenvalue weighted by Crippen LogP contribution is -3.15. The molecule has 2 N–H and O–H groups in total. The highest BCUT2D eigenvalue weighted by Crippen LogP contribution is 2.22. The molecule has 5 heteroatoms. The average molecular weight is 357 g/mol. The van der Waals surface area contributed by atoms with Gasteiger partial charge in [-0.2, -0.15) is 0 Å². The van der Waals surface area contributed by atoms with Crippen molar-refractivity contribution in [2.75, 3.05) is 52.5 Å². The van der Waals surface area contributed by atoms with Crippen LogP contribution in [0.4, 0.5) is 0 Å². The third-order valence-electron chi connectivity index (χ3n) is 4.68. The number of quaternary nitrogens is 1. The minimum absolute atomic E-state index is 0.107. The summed E-state index contributed by atoms with van der Waals surface area (Å²) in [5.74, 6) is 1.75. The highest BCUT2D eigenvalue weighted by atomic mass is 16.5. The van der Waals surface area contributed by atoms with Crippen LogP contribution in [0.25, 0.3) is 0 Å². The fourth-order valence-corrected chi connectivity index (χ4v) is 3.25. The summed E-state index contributed by atoms with van der Waals surface area (Å²) in [5.41, 5.74) is 1.29. The van der Waals surface area contributed by atoms with Crippen LogP contribution < -0.4 is 9.64 Å². The monoisotopic (exact) mass is 357 g/mol. The zero-order chi connectivity index (χ0) is 18.0. The van der Waals surface area contributed by atoms with Gasteiger partial charge in [0.05, 0.1) is 32.9 Å². The molecule has 5 nitrogen and oxygen atoms in total. The first-order valence-corrected chi connectivity index (χ1v) is 9.40. The summed E-state index contributed by atoms with van der Waals surface area (Å²) in [6.07, 6.45) is 0. The molecule has 1 aliphatic rings. The van der Waals surface area contributed by atoms with Crippen LogP contribution in [0.5, 0.6) is 11.5 Å². The molecule has 0 spiro atoms. The average Bonchev–Trinajstić information content (AvgIpc) is 2.68. The molecule has 1 fully saturated rings. The Morgan fingerprint density at radius 2 is 1.69 bits per heavy atom. The van der Waals surface area contributed by atoms with Crippen molar-refractivity contribution in [3.8, 4) is 11.5 Å². The fourth-order valence-electron chi connectivity index (χ4n) is 3.25. The Hall–Kier alpha value is -1.92. The first-order chi connectivity index (χ1) is 12.8. The van der Waals surface area contributed by atoms with E-state index < -0.39 is 0 Å². The van der Waals surface area contributed by atoms with E-state index >= 15 is 0 Å². The molecule has 0 radical (unpaired) electrons. The maximum absolute atomic E-state index is 8.73. The Balaban J connectivity index is 1.44. The van der Waals surface area contributed by atoms with Gasteiger partial charge in [0.25, 0.3) is 0 Å². The number of para-hydroxylation sites is 1. The number of ether oxygens (including phenoxy) is 2. The Kier molecular flexibility index (Phi) is 7.46. The molecule has 3 rings (SSSR count). The van der Waals surface area contributed by atoms with Crippen LogP contribution in [-0.2, 0) is 11.3 Å². The van der Waals surface area contributed by atoms with Crippen LogP contribution >= 0.6 is 0 Å². The lowest BCUT2D eigenvalue weighted by molar-refractivity contribution is -0.905. The summed E-state index contributed by atoms with van der Waals surface area (Å²) < 4.78 is 11.3. The lowest BCUT2D eigenvalue weighted by atomic mass is 10.2. The maximum atomic E-state index is 8.73. The molecule has 0 amide bonds. The van der Waals surface area contributed by atoms with Crippen molar-refractivity contribution in [1.82, 2.24) is 4.90 Å².